The van der Waals surface area contributed by atoms with Gasteiger partial charge in [0.1, 0.15) is 5.54 Å². The van der Waals surface area contributed by atoms with Crippen LogP contribution in [0.4, 0.5) is 5.69 Å². The van der Waals surface area contributed by atoms with E-state index in [0.717, 1.165) is 38.2 Å². The summed E-state index contributed by atoms with van der Waals surface area (Å²) in [4.78, 5) is 2.41. The van der Waals surface area contributed by atoms with Crippen LogP contribution in [0, 0.1) is 24.2 Å². The Labute approximate surface area is 108 Å². The molecule has 3 aliphatic heterocycles. The summed E-state index contributed by atoms with van der Waals surface area (Å²) in [6, 6.07) is 10.9. The largest absolute Gasteiger partial charge is 0.366 e. The maximum atomic E-state index is 9.66. The Morgan fingerprint density at radius 1 is 1.39 bits per heavy atom. The van der Waals surface area contributed by atoms with Crippen molar-refractivity contribution in [1.82, 2.24) is 4.90 Å². The van der Waals surface area contributed by atoms with Gasteiger partial charge in [-0.25, -0.2) is 0 Å². The number of fused-ring (bicyclic) bond motifs is 3. The second kappa shape index (κ2) is 4.29. The van der Waals surface area contributed by atoms with Crippen molar-refractivity contribution in [2.75, 3.05) is 25.0 Å². The summed E-state index contributed by atoms with van der Waals surface area (Å²) in [5.41, 5.74) is 1.92. The van der Waals surface area contributed by atoms with E-state index in [0.29, 0.717) is 5.92 Å². The molecule has 0 aromatic heterocycles. The molecule has 94 valence electrons. The van der Waals surface area contributed by atoms with Crippen molar-refractivity contribution in [1.29, 1.82) is 5.26 Å². The lowest BCUT2D eigenvalue weighted by molar-refractivity contribution is 0.0675. The van der Waals surface area contributed by atoms with E-state index in [1.807, 2.05) is 6.07 Å². The van der Waals surface area contributed by atoms with Crippen LogP contribution in [0.1, 0.15) is 18.4 Å². The Balaban J connectivity index is 1.87. The van der Waals surface area contributed by atoms with Crippen molar-refractivity contribution >= 4 is 5.69 Å². The summed E-state index contributed by atoms with van der Waals surface area (Å²) in [7, 11) is 0. The van der Waals surface area contributed by atoms with Gasteiger partial charge in [-0.15, -0.1) is 0 Å². The Bertz CT molecular complexity index is 483. The van der Waals surface area contributed by atoms with Gasteiger partial charge in [-0.2, -0.15) is 5.26 Å². The van der Waals surface area contributed by atoms with Crippen molar-refractivity contribution < 1.29 is 0 Å². The molecule has 4 rings (SSSR count). The SMILES string of the molecule is Cc1cccc(NC2(C#N)CN3CCC2CC3)c1. The third kappa shape index (κ3) is 1.87. The van der Waals surface area contributed by atoms with Gasteiger partial charge in [0.05, 0.1) is 6.07 Å². The molecule has 0 saturated carbocycles. The Morgan fingerprint density at radius 2 is 2.17 bits per heavy atom. The first-order chi connectivity index (χ1) is 8.72. The molecular weight excluding hydrogens is 222 g/mol. The second-order valence-electron chi connectivity index (χ2n) is 5.63. The smallest absolute Gasteiger partial charge is 0.141 e. The van der Waals surface area contributed by atoms with Crippen molar-refractivity contribution in [3.05, 3.63) is 29.8 Å². The maximum absolute atomic E-state index is 9.66. The van der Waals surface area contributed by atoms with Crippen molar-refractivity contribution in [3.63, 3.8) is 0 Å². The molecule has 3 heteroatoms. The minimum atomic E-state index is -0.385. The average molecular weight is 241 g/mol. The average Bonchev–Trinajstić information content (AvgIpc) is 2.40. The van der Waals surface area contributed by atoms with E-state index in [4.69, 9.17) is 0 Å². The maximum Gasteiger partial charge on any atom is 0.141 e. The van der Waals surface area contributed by atoms with Gasteiger partial charge in [0, 0.05) is 12.2 Å². The molecule has 1 atom stereocenters. The van der Waals surface area contributed by atoms with Gasteiger partial charge >= 0.3 is 0 Å². The molecular formula is C15H19N3. The molecule has 3 fully saturated rings. The minimum absolute atomic E-state index is 0.385. The predicted octanol–water partition coefficient (Wildman–Crippen LogP) is 2.39. The molecule has 3 aliphatic rings. The number of nitriles is 1. The highest BCUT2D eigenvalue weighted by Gasteiger charge is 2.47. The van der Waals surface area contributed by atoms with Crippen molar-refractivity contribution in [2.24, 2.45) is 5.92 Å². The van der Waals surface area contributed by atoms with Gasteiger partial charge in [0.2, 0.25) is 0 Å². The Hall–Kier alpha value is -1.53. The van der Waals surface area contributed by atoms with E-state index >= 15 is 0 Å². The summed E-state index contributed by atoms with van der Waals surface area (Å²) in [5, 5.41) is 13.2. The molecule has 3 nitrogen and oxygen atoms in total. The van der Waals surface area contributed by atoms with Crippen LogP contribution in [-0.4, -0.2) is 30.1 Å². The Kier molecular flexibility index (Phi) is 2.76. The molecule has 1 N–H and O–H groups in total. The van der Waals surface area contributed by atoms with Gasteiger partial charge in [-0.3, -0.25) is 4.90 Å². The van der Waals surface area contributed by atoms with E-state index in [-0.39, 0.29) is 5.54 Å². The van der Waals surface area contributed by atoms with Crippen LogP contribution in [0.25, 0.3) is 0 Å². The van der Waals surface area contributed by atoms with Crippen molar-refractivity contribution in [3.8, 4) is 6.07 Å². The fourth-order valence-electron chi connectivity index (χ4n) is 3.34. The molecule has 1 unspecified atom stereocenters. The molecule has 2 bridgehead atoms. The monoisotopic (exact) mass is 241 g/mol. The fraction of sp³-hybridized carbons (Fsp3) is 0.533. The summed E-state index contributed by atoms with van der Waals surface area (Å²) in [5.74, 6) is 0.494. The lowest BCUT2D eigenvalue weighted by atomic mass is 9.73. The minimum Gasteiger partial charge on any atom is -0.366 e. The van der Waals surface area contributed by atoms with Crippen LogP contribution in [0.5, 0.6) is 0 Å². The first kappa shape index (κ1) is 11.6. The summed E-state index contributed by atoms with van der Waals surface area (Å²) in [6.45, 7) is 5.26. The quantitative estimate of drug-likeness (QED) is 0.864. The zero-order chi connectivity index (χ0) is 12.6. The highest BCUT2D eigenvalue weighted by Crippen LogP contribution is 2.37. The molecule has 0 aliphatic carbocycles. The summed E-state index contributed by atoms with van der Waals surface area (Å²) < 4.78 is 0. The molecule has 18 heavy (non-hydrogen) atoms. The Morgan fingerprint density at radius 3 is 2.72 bits per heavy atom. The van der Waals surface area contributed by atoms with Crippen LogP contribution in [0.2, 0.25) is 0 Å². The van der Waals surface area contributed by atoms with Crippen LogP contribution in [-0.2, 0) is 0 Å². The van der Waals surface area contributed by atoms with Crippen LogP contribution in [0.3, 0.4) is 0 Å². The van der Waals surface area contributed by atoms with Crippen LogP contribution < -0.4 is 5.32 Å². The lowest BCUT2D eigenvalue weighted by Crippen LogP contribution is -2.62. The van der Waals surface area contributed by atoms with Gasteiger partial charge in [0.25, 0.3) is 0 Å². The zero-order valence-corrected chi connectivity index (χ0v) is 10.8. The van der Waals surface area contributed by atoms with E-state index in [1.165, 1.54) is 5.56 Å². The number of rotatable bonds is 2. The van der Waals surface area contributed by atoms with Gasteiger partial charge in [0.15, 0.2) is 0 Å². The van der Waals surface area contributed by atoms with Crippen LogP contribution >= 0.6 is 0 Å². The van der Waals surface area contributed by atoms with Gasteiger partial charge < -0.3 is 5.32 Å². The molecule has 0 spiro atoms. The highest BCUT2D eigenvalue weighted by atomic mass is 15.2. The highest BCUT2D eigenvalue weighted by molar-refractivity contribution is 5.50. The van der Waals surface area contributed by atoms with Gasteiger partial charge in [-0.05, 0) is 56.5 Å². The molecule has 3 saturated heterocycles. The predicted molar refractivity (Wildman–Crippen MR) is 72.3 cm³/mol. The molecule has 3 heterocycles. The molecule has 1 aromatic carbocycles. The van der Waals surface area contributed by atoms with Crippen molar-refractivity contribution in [2.45, 2.75) is 25.3 Å². The number of nitrogens with one attached hydrogen (secondary N) is 1. The number of anilines is 1. The molecule has 0 amide bonds. The fourth-order valence-corrected chi connectivity index (χ4v) is 3.34. The normalized spacial score (nSPS) is 34.0. The number of hydrogen-bond donors (Lipinski definition) is 1. The van der Waals surface area contributed by atoms with E-state index in [1.54, 1.807) is 0 Å². The number of hydrogen-bond acceptors (Lipinski definition) is 3. The zero-order valence-electron chi connectivity index (χ0n) is 10.8. The molecule has 1 aromatic rings. The summed E-state index contributed by atoms with van der Waals surface area (Å²) >= 11 is 0. The standard InChI is InChI=1S/C15H19N3/c1-12-3-2-4-14(9-12)17-15(10-16)11-18-7-5-13(15)6-8-18/h2-4,9,13,17H,5-8,11H2,1H3. The van der Waals surface area contributed by atoms with E-state index in [9.17, 15) is 5.26 Å². The first-order valence-electron chi connectivity index (χ1n) is 6.70. The second-order valence-corrected chi connectivity index (χ2v) is 5.63. The third-order valence-corrected chi connectivity index (χ3v) is 4.34. The number of piperidine rings is 3. The van der Waals surface area contributed by atoms with E-state index in [2.05, 4.69) is 41.4 Å². The molecule has 0 radical (unpaired) electrons. The van der Waals surface area contributed by atoms with Gasteiger partial charge in [-0.1, -0.05) is 12.1 Å². The lowest BCUT2D eigenvalue weighted by Gasteiger charge is -2.50. The van der Waals surface area contributed by atoms with Crippen LogP contribution in [0.15, 0.2) is 24.3 Å². The topological polar surface area (TPSA) is 39.1 Å². The summed E-state index contributed by atoms with van der Waals surface area (Å²) in [6.07, 6.45) is 2.29. The third-order valence-electron chi connectivity index (χ3n) is 4.34. The first-order valence-corrected chi connectivity index (χ1v) is 6.70. The number of benzene rings is 1. The number of nitrogens with zero attached hydrogens (tertiary/aromatic N) is 2. The van der Waals surface area contributed by atoms with E-state index < -0.39 is 0 Å². The number of aryl methyl sites for hydroxylation is 1.